The summed E-state index contributed by atoms with van der Waals surface area (Å²) < 4.78 is 16.0. The van der Waals surface area contributed by atoms with Crippen LogP contribution in [-0.4, -0.2) is 61.6 Å². The maximum Gasteiger partial charge on any atom is 0.101 e. The summed E-state index contributed by atoms with van der Waals surface area (Å²) >= 11 is 0. The Kier molecular flexibility index (Phi) is 7.77. The third kappa shape index (κ3) is 6.66. The van der Waals surface area contributed by atoms with Crippen molar-refractivity contribution in [1.29, 1.82) is 0 Å². The second-order valence-electron chi connectivity index (χ2n) is 5.02. The van der Waals surface area contributed by atoms with E-state index in [2.05, 4.69) is 0 Å². The highest BCUT2D eigenvalue weighted by molar-refractivity contribution is 4.72. The van der Waals surface area contributed by atoms with Crippen molar-refractivity contribution in [3.63, 3.8) is 0 Å². The lowest BCUT2D eigenvalue weighted by molar-refractivity contribution is -0.0801. The van der Waals surface area contributed by atoms with Crippen LogP contribution < -0.4 is 0 Å². The quantitative estimate of drug-likeness (QED) is 0.674. The Morgan fingerprint density at radius 2 is 1.78 bits per heavy atom. The van der Waals surface area contributed by atoms with Crippen molar-refractivity contribution < 1.29 is 24.4 Å². The Morgan fingerprint density at radius 1 is 1.11 bits per heavy atom. The van der Waals surface area contributed by atoms with E-state index >= 15 is 0 Å². The van der Waals surface area contributed by atoms with Gasteiger partial charge >= 0.3 is 0 Å². The Balaban J connectivity index is 2.04. The van der Waals surface area contributed by atoms with Crippen molar-refractivity contribution in [3.05, 3.63) is 0 Å². The zero-order valence-electron chi connectivity index (χ0n) is 11.4. The molecule has 5 nitrogen and oxygen atoms in total. The van der Waals surface area contributed by atoms with E-state index in [9.17, 15) is 10.2 Å². The van der Waals surface area contributed by atoms with Gasteiger partial charge in [0.25, 0.3) is 0 Å². The molecule has 0 spiro atoms. The maximum atomic E-state index is 9.71. The minimum absolute atomic E-state index is 0.0190. The Bertz CT molecular complexity index is 204. The van der Waals surface area contributed by atoms with Crippen LogP contribution in [0, 0.1) is 0 Å². The molecule has 0 aliphatic heterocycles. The lowest BCUT2D eigenvalue weighted by Crippen LogP contribution is -2.30. The number of aliphatic hydroxyl groups is 2. The Morgan fingerprint density at radius 3 is 2.39 bits per heavy atom. The van der Waals surface area contributed by atoms with Crippen LogP contribution >= 0.6 is 0 Å². The number of ether oxygens (including phenoxy) is 3. The molecule has 18 heavy (non-hydrogen) atoms. The molecule has 1 aliphatic carbocycles. The fourth-order valence-corrected chi connectivity index (χ4v) is 2.07. The molecule has 1 saturated carbocycles. The SMILES string of the molecule is COCC(C)OCC(O)COC1CCC(O)CC1. The highest BCUT2D eigenvalue weighted by atomic mass is 16.5. The number of methoxy groups -OCH3 is 1. The molecule has 0 saturated heterocycles. The topological polar surface area (TPSA) is 68.2 Å². The summed E-state index contributed by atoms with van der Waals surface area (Å²) in [5, 5.41) is 19.1. The Labute approximate surface area is 109 Å². The van der Waals surface area contributed by atoms with Gasteiger partial charge in [-0.05, 0) is 32.6 Å². The van der Waals surface area contributed by atoms with Gasteiger partial charge in [0.15, 0.2) is 0 Å². The van der Waals surface area contributed by atoms with Gasteiger partial charge in [0.05, 0.1) is 38.1 Å². The third-order valence-corrected chi connectivity index (χ3v) is 3.14. The molecule has 0 aromatic rings. The van der Waals surface area contributed by atoms with E-state index < -0.39 is 6.10 Å². The first-order chi connectivity index (χ1) is 8.61. The van der Waals surface area contributed by atoms with Gasteiger partial charge in [-0.25, -0.2) is 0 Å². The van der Waals surface area contributed by atoms with Gasteiger partial charge in [-0.3, -0.25) is 0 Å². The molecule has 0 aromatic carbocycles. The first kappa shape index (κ1) is 15.9. The predicted molar refractivity (Wildman–Crippen MR) is 67.5 cm³/mol. The molecule has 1 rings (SSSR count). The van der Waals surface area contributed by atoms with Crippen molar-refractivity contribution in [2.75, 3.05) is 26.9 Å². The summed E-state index contributed by atoms with van der Waals surface area (Å²) in [6.45, 7) is 2.98. The van der Waals surface area contributed by atoms with Crippen molar-refractivity contribution in [3.8, 4) is 0 Å². The van der Waals surface area contributed by atoms with Crippen LogP contribution in [0.25, 0.3) is 0 Å². The minimum Gasteiger partial charge on any atom is -0.393 e. The molecule has 2 atom stereocenters. The van der Waals surface area contributed by atoms with E-state index in [4.69, 9.17) is 14.2 Å². The third-order valence-electron chi connectivity index (χ3n) is 3.14. The number of aliphatic hydroxyl groups excluding tert-OH is 2. The van der Waals surface area contributed by atoms with E-state index in [-0.39, 0.29) is 24.9 Å². The normalized spacial score (nSPS) is 28.0. The van der Waals surface area contributed by atoms with Crippen LogP contribution in [0.5, 0.6) is 0 Å². The average molecular weight is 262 g/mol. The molecular weight excluding hydrogens is 236 g/mol. The van der Waals surface area contributed by atoms with Gasteiger partial charge in [0, 0.05) is 7.11 Å². The highest BCUT2D eigenvalue weighted by Gasteiger charge is 2.20. The van der Waals surface area contributed by atoms with Crippen molar-refractivity contribution in [1.82, 2.24) is 0 Å². The number of hydrogen-bond acceptors (Lipinski definition) is 5. The summed E-state index contributed by atoms with van der Waals surface area (Å²) in [5.74, 6) is 0. The fourth-order valence-electron chi connectivity index (χ4n) is 2.07. The van der Waals surface area contributed by atoms with Crippen LogP contribution in [0.4, 0.5) is 0 Å². The minimum atomic E-state index is -0.601. The van der Waals surface area contributed by atoms with Gasteiger partial charge in [-0.2, -0.15) is 0 Å². The number of hydrogen-bond donors (Lipinski definition) is 2. The van der Waals surface area contributed by atoms with Crippen molar-refractivity contribution in [2.24, 2.45) is 0 Å². The van der Waals surface area contributed by atoms with Gasteiger partial charge in [0.1, 0.15) is 6.10 Å². The average Bonchev–Trinajstić information content (AvgIpc) is 2.36. The first-order valence-corrected chi connectivity index (χ1v) is 6.70. The summed E-state index contributed by atoms with van der Waals surface area (Å²) in [6, 6.07) is 0. The largest absolute Gasteiger partial charge is 0.393 e. The molecule has 1 fully saturated rings. The summed E-state index contributed by atoms with van der Waals surface area (Å²) in [5.41, 5.74) is 0. The fraction of sp³-hybridized carbons (Fsp3) is 1.00. The van der Waals surface area contributed by atoms with Crippen LogP contribution in [-0.2, 0) is 14.2 Å². The molecular formula is C13H26O5. The zero-order valence-corrected chi connectivity index (χ0v) is 11.4. The lowest BCUT2D eigenvalue weighted by atomic mass is 9.95. The summed E-state index contributed by atoms with van der Waals surface area (Å²) in [4.78, 5) is 0. The second kappa shape index (κ2) is 8.82. The van der Waals surface area contributed by atoms with E-state index in [1.807, 2.05) is 6.92 Å². The van der Waals surface area contributed by atoms with Crippen LogP contribution in [0.2, 0.25) is 0 Å². The van der Waals surface area contributed by atoms with Crippen LogP contribution in [0.15, 0.2) is 0 Å². The molecule has 108 valence electrons. The second-order valence-corrected chi connectivity index (χ2v) is 5.02. The van der Waals surface area contributed by atoms with E-state index in [0.29, 0.717) is 13.2 Å². The molecule has 0 aromatic heterocycles. The monoisotopic (exact) mass is 262 g/mol. The van der Waals surface area contributed by atoms with Gasteiger partial charge in [0.2, 0.25) is 0 Å². The van der Waals surface area contributed by atoms with E-state index in [0.717, 1.165) is 25.7 Å². The summed E-state index contributed by atoms with van der Waals surface area (Å²) in [7, 11) is 1.62. The van der Waals surface area contributed by atoms with Crippen LogP contribution in [0.3, 0.4) is 0 Å². The molecule has 0 heterocycles. The standard InChI is InChI=1S/C13H26O5/c1-10(7-16-2)17-8-12(15)9-18-13-5-3-11(14)4-6-13/h10-15H,3-9H2,1-2H3. The van der Waals surface area contributed by atoms with Crippen LogP contribution in [0.1, 0.15) is 32.6 Å². The Hall–Kier alpha value is -0.200. The molecule has 5 heteroatoms. The molecule has 2 N–H and O–H groups in total. The van der Waals surface area contributed by atoms with Gasteiger partial charge < -0.3 is 24.4 Å². The highest BCUT2D eigenvalue weighted by Crippen LogP contribution is 2.21. The lowest BCUT2D eigenvalue weighted by Gasteiger charge is -2.26. The molecule has 0 bridgehead atoms. The predicted octanol–water partition coefficient (Wildman–Crippen LogP) is 0.719. The molecule has 2 unspecified atom stereocenters. The molecule has 0 amide bonds. The van der Waals surface area contributed by atoms with Crippen molar-refractivity contribution in [2.45, 2.75) is 57.0 Å². The first-order valence-electron chi connectivity index (χ1n) is 6.70. The van der Waals surface area contributed by atoms with Gasteiger partial charge in [-0.15, -0.1) is 0 Å². The van der Waals surface area contributed by atoms with Crippen molar-refractivity contribution >= 4 is 0 Å². The maximum absolute atomic E-state index is 9.71. The van der Waals surface area contributed by atoms with Gasteiger partial charge in [-0.1, -0.05) is 0 Å². The molecule has 0 radical (unpaired) electrons. The zero-order chi connectivity index (χ0) is 13.4. The summed E-state index contributed by atoms with van der Waals surface area (Å²) in [6.07, 6.45) is 2.70. The number of rotatable bonds is 8. The smallest absolute Gasteiger partial charge is 0.101 e. The van der Waals surface area contributed by atoms with E-state index in [1.54, 1.807) is 7.11 Å². The van der Waals surface area contributed by atoms with E-state index in [1.165, 1.54) is 0 Å². The molecule has 1 aliphatic rings.